The average Bonchev–Trinajstić information content (AvgIpc) is 1.94. The van der Waals surface area contributed by atoms with Crippen LogP contribution in [0, 0.1) is 22.2 Å². The first-order chi connectivity index (χ1) is 6.97. The number of hydrogen-bond acceptors (Lipinski definition) is 0. The Morgan fingerprint density at radius 2 is 1.53 bits per heavy atom. The third-order valence-electron chi connectivity index (χ3n) is 5.19. The molecule has 0 heterocycles. The molecule has 0 saturated heterocycles. The van der Waals surface area contributed by atoms with E-state index >= 15 is 0 Å². The largest absolute Gasteiger partial charge is 0.0911 e. The maximum Gasteiger partial charge on any atom is -0.0105 e. The zero-order chi connectivity index (χ0) is 10.7. The Morgan fingerprint density at radius 1 is 0.933 bits per heavy atom. The van der Waals surface area contributed by atoms with Gasteiger partial charge in [-0.3, -0.25) is 0 Å². The van der Waals surface area contributed by atoms with Crippen molar-refractivity contribution in [2.75, 3.05) is 0 Å². The molecule has 0 N–H and O–H groups in total. The first kappa shape index (κ1) is 9.93. The fourth-order valence-corrected chi connectivity index (χ4v) is 6.08. The van der Waals surface area contributed by atoms with Gasteiger partial charge < -0.3 is 0 Å². The van der Waals surface area contributed by atoms with Crippen molar-refractivity contribution < 1.29 is 0 Å². The van der Waals surface area contributed by atoms with Crippen molar-refractivity contribution in [1.29, 1.82) is 0 Å². The second kappa shape index (κ2) is 2.70. The van der Waals surface area contributed by atoms with Crippen LogP contribution in [-0.4, -0.2) is 0 Å². The van der Waals surface area contributed by atoms with E-state index in [-0.39, 0.29) is 0 Å². The van der Waals surface area contributed by atoms with E-state index in [0.29, 0.717) is 16.2 Å². The summed E-state index contributed by atoms with van der Waals surface area (Å²) in [6.45, 7) is 7.30. The van der Waals surface area contributed by atoms with Crippen LogP contribution in [0.2, 0.25) is 0 Å². The Hall–Kier alpha value is -0.260. The Bertz CT molecular complexity index is 294. The highest BCUT2D eigenvalue weighted by molar-refractivity contribution is 5.16. The average molecular weight is 204 g/mol. The molecule has 0 spiro atoms. The highest BCUT2D eigenvalue weighted by Gasteiger charge is 2.58. The van der Waals surface area contributed by atoms with Crippen LogP contribution in [-0.2, 0) is 0 Å². The summed E-state index contributed by atoms with van der Waals surface area (Å²) < 4.78 is 0. The van der Waals surface area contributed by atoms with Crippen molar-refractivity contribution in [1.82, 2.24) is 0 Å². The molecule has 0 aromatic carbocycles. The lowest BCUT2D eigenvalue weighted by Gasteiger charge is -2.65. The van der Waals surface area contributed by atoms with Gasteiger partial charge in [-0.1, -0.05) is 26.0 Å². The lowest BCUT2D eigenvalue weighted by atomic mass is 9.40. The van der Waals surface area contributed by atoms with E-state index in [1.807, 2.05) is 0 Å². The quantitative estimate of drug-likeness (QED) is 0.549. The smallest absolute Gasteiger partial charge is 0.0105 e. The van der Waals surface area contributed by atoms with Crippen LogP contribution in [0.1, 0.15) is 59.3 Å². The second-order valence-corrected chi connectivity index (χ2v) is 7.49. The Morgan fingerprint density at radius 3 is 2.00 bits per heavy atom. The summed E-state index contributed by atoms with van der Waals surface area (Å²) in [4.78, 5) is 0. The molecule has 15 heavy (non-hydrogen) atoms. The normalized spacial score (nSPS) is 57.9. The Kier molecular flexibility index (Phi) is 1.79. The number of allylic oxidation sites excluding steroid dienone is 2. The summed E-state index contributed by atoms with van der Waals surface area (Å²) in [5, 5.41) is 0. The Balaban J connectivity index is 2.01. The molecule has 4 rings (SSSR count). The van der Waals surface area contributed by atoms with Crippen molar-refractivity contribution >= 4 is 0 Å². The zero-order valence-electron chi connectivity index (χ0n) is 10.5. The van der Waals surface area contributed by atoms with E-state index < -0.39 is 0 Å². The standard InChI is InChI=1S/C15H24/c1-4-5-15-8-12-6-13(2,10-15)9-14(3,7-12)11-15/h4-5,12H,6-11H2,1-3H3/b5-4-. The fraction of sp³-hybridized carbons (Fsp3) is 0.867. The minimum Gasteiger partial charge on any atom is -0.0911 e. The monoisotopic (exact) mass is 204 g/mol. The molecular formula is C15H24. The number of rotatable bonds is 1. The number of hydrogen-bond donors (Lipinski definition) is 0. The molecular weight excluding hydrogens is 180 g/mol. The van der Waals surface area contributed by atoms with Gasteiger partial charge in [-0.05, 0) is 67.6 Å². The van der Waals surface area contributed by atoms with Crippen molar-refractivity contribution in [3.05, 3.63) is 12.2 Å². The molecule has 4 aliphatic carbocycles. The van der Waals surface area contributed by atoms with Crippen LogP contribution in [0.3, 0.4) is 0 Å². The predicted octanol–water partition coefficient (Wildman–Crippen LogP) is 4.56. The predicted molar refractivity (Wildman–Crippen MR) is 64.7 cm³/mol. The highest BCUT2D eigenvalue weighted by atomic mass is 14.6. The van der Waals surface area contributed by atoms with Crippen molar-refractivity contribution in [2.24, 2.45) is 22.2 Å². The van der Waals surface area contributed by atoms with Crippen LogP contribution in [0.15, 0.2) is 12.2 Å². The molecule has 2 unspecified atom stereocenters. The summed E-state index contributed by atoms with van der Waals surface area (Å²) in [5.74, 6) is 1.03. The van der Waals surface area contributed by atoms with E-state index in [9.17, 15) is 0 Å². The van der Waals surface area contributed by atoms with Gasteiger partial charge in [0.05, 0.1) is 0 Å². The first-order valence-electron chi connectivity index (χ1n) is 6.61. The molecule has 0 amide bonds. The lowest BCUT2D eigenvalue weighted by molar-refractivity contribution is -0.124. The molecule has 2 atom stereocenters. The third kappa shape index (κ3) is 1.40. The van der Waals surface area contributed by atoms with Crippen LogP contribution in [0.25, 0.3) is 0 Å². The SMILES string of the molecule is C/C=C\C12CC3CC(C)(CC(C)(C3)C1)C2. The summed E-state index contributed by atoms with van der Waals surface area (Å²) in [7, 11) is 0. The summed E-state index contributed by atoms with van der Waals surface area (Å²) in [6.07, 6.45) is 13.8. The van der Waals surface area contributed by atoms with Gasteiger partial charge in [-0.2, -0.15) is 0 Å². The minimum absolute atomic E-state index is 0.595. The molecule has 0 aromatic rings. The summed E-state index contributed by atoms with van der Waals surface area (Å²) in [6, 6.07) is 0. The summed E-state index contributed by atoms with van der Waals surface area (Å²) >= 11 is 0. The van der Waals surface area contributed by atoms with Crippen LogP contribution in [0.4, 0.5) is 0 Å². The van der Waals surface area contributed by atoms with Crippen molar-refractivity contribution in [3.63, 3.8) is 0 Å². The van der Waals surface area contributed by atoms with Gasteiger partial charge in [0.2, 0.25) is 0 Å². The molecule has 84 valence electrons. The molecule has 4 aliphatic rings. The van der Waals surface area contributed by atoms with Gasteiger partial charge in [0.1, 0.15) is 0 Å². The van der Waals surface area contributed by atoms with Crippen molar-refractivity contribution in [2.45, 2.75) is 59.3 Å². The third-order valence-corrected chi connectivity index (χ3v) is 5.19. The molecule has 4 bridgehead atoms. The van der Waals surface area contributed by atoms with Gasteiger partial charge in [0.15, 0.2) is 0 Å². The van der Waals surface area contributed by atoms with Gasteiger partial charge in [-0.25, -0.2) is 0 Å². The molecule has 0 radical (unpaired) electrons. The van der Waals surface area contributed by atoms with E-state index in [0.717, 1.165) is 5.92 Å². The Labute approximate surface area is 94.1 Å². The van der Waals surface area contributed by atoms with Gasteiger partial charge in [0, 0.05) is 0 Å². The van der Waals surface area contributed by atoms with E-state index in [1.54, 1.807) is 0 Å². The van der Waals surface area contributed by atoms with Crippen LogP contribution >= 0.6 is 0 Å². The molecule has 0 aliphatic heterocycles. The maximum absolute atomic E-state index is 2.55. The first-order valence-corrected chi connectivity index (χ1v) is 6.61. The second-order valence-electron chi connectivity index (χ2n) is 7.49. The molecule has 4 fully saturated rings. The van der Waals surface area contributed by atoms with E-state index in [1.165, 1.54) is 38.5 Å². The molecule has 4 saturated carbocycles. The van der Waals surface area contributed by atoms with E-state index in [2.05, 4.69) is 32.9 Å². The van der Waals surface area contributed by atoms with Crippen LogP contribution in [0.5, 0.6) is 0 Å². The lowest BCUT2D eigenvalue weighted by Crippen LogP contribution is -2.54. The van der Waals surface area contributed by atoms with E-state index in [4.69, 9.17) is 0 Å². The minimum atomic E-state index is 0.595. The highest BCUT2D eigenvalue weighted by Crippen LogP contribution is 2.69. The zero-order valence-corrected chi connectivity index (χ0v) is 10.5. The molecule has 0 heteroatoms. The fourth-order valence-electron chi connectivity index (χ4n) is 6.08. The van der Waals surface area contributed by atoms with Gasteiger partial charge in [-0.15, -0.1) is 0 Å². The summed E-state index contributed by atoms with van der Waals surface area (Å²) in [5.41, 5.74) is 1.94. The maximum atomic E-state index is 2.55. The van der Waals surface area contributed by atoms with Gasteiger partial charge in [0.25, 0.3) is 0 Å². The van der Waals surface area contributed by atoms with Crippen LogP contribution < -0.4 is 0 Å². The van der Waals surface area contributed by atoms with Gasteiger partial charge >= 0.3 is 0 Å². The van der Waals surface area contributed by atoms with Crippen molar-refractivity contribution in [3.8, 4) is 0 Å². The topological polar surface area (TPSA) is 0 Å². The molecule has 0 nitrogen and oxygen atoms in total. The molecule has 0 aromatic heterocycles.